The Bertz CT molecular complexity index is 2010. The van der Waals surface area contributed by atoms with Crippen molar-refractivity contribution in [1.29, 1.82) is 0 Å². The van der Waals surface area contributed by atoms with Crippen LogP contribution in [-0.4, -0.2) is 93.3 Å². The Hall–Kier alpha value is -5.63. The summed E-state index contributed by atoms with van der Waals surface area (Å²) in [7, 11) is 3.30. The zero-order valence-electron chi connectivity index (χ0n) is 33.6. The molecule has 0 radical (unpaired) electrons. The number of carbonyl (C=O) groups is 1. The molecule has 14 nitrogen and oxygen atoms in total. The van der Waals surface area contributed by atoms with Gasteiger partial charge in [0.2, 0.25) is 0 Å². The number of hydrogen-bond acceptors (Lipinski definition) is 12. The van der Waals surface area contributed by atoms with Crippen LogP contribution < -0.4 is 24.0 Å². The molecule has 0 bridgehead atoms. The van der Waals surface area contributed by atoms with Gasteiger partial charge in [-0.15, -0.1) is 5.10 Å². The second-order valence-electron chi connectivity index (χ2n) is 14.9. The summed E-state index contributed by atoms with van der Waals surface area (Å²) in [6.07, 6.45) is 4.45. The number of hydrogen-bond donors (Lipinski definition) is 1. The maximum atomic E-state index is 12.7. The average molecular weight is 767 g/mol. The van der Waals surface area contributed by atoms with Gasteiger partial charge >= 0.3 is 12.1 Å². The number of aryl methyl sites for hydroxylation is 1. The lowest BCUT2D eigenvalue weighted by Crippen LogP contribution is -2.50. The topological polar surface area (TPSA) is 140 Å². The number of fused-ring (bicyclic) bond motifs is 1. The molecule has 1 fully saturated rings. The van der Waals surface area contributed by atoms with Gasteiger partial charge in [0.05, 0.1) is 32.7 Å². The Balaban J connectivity index is 1.32. The summed E-state index contributed by atoms with van der Waals surface area (Å²) in [5, 5.41) is 16.7. The zero-order chi connectivity index (χ0) is 39.8. The molecule has 14 heteroatoms. The predicted molar refractivity (Wildman–Crippen MR) is 215 cm³/mol. The summed E-state index contributed by atoms with van der Waals surface area (Å²) in [4.78, 5) is 33.3. The molecule has 2 aromatic carbocycles. The number of ether oxygens (including phenoxy) is 4. The number of aliphatic hydroxyl groups is 1. The molecule has 3 aromatic heterocycles. The Kier molecular flexibility index (Phi) is 12.8. The highest BCUT2D eigenvalue weighted by molar-refractivity contribution is 5.69. The van der Waals surface area contributed by atoms with E-state index in [1.165, 1.54) is 0 Å². The molecule has 6 rings (SSSR count). The Morgan fingerprint density at radius 1 is 0.893 bits per heavy atom. The second-order valence-corrected chi connectivity index (χ2v) is 14.9. The quantitative estimate of drug-likeness (QED) is 0.115. The number of amides is 1. The van der Waals surface area contributed by atoms with Crippen LogP contribution in [0.3, 0.4) is 0 Å². The maximum absolute atomic E-state index is 12.7. The third-order valence-corrected chi connectivity index (χ3v) is 9.62. The molecule has 1 aliphatic heterocycles. The van der Waals surface area contributed by atoms with Gasteiger partial charge in [-0.05, 0) is 80.6 Å². The van der Waals surface area contributed by atoms with E-state index in [0.717, 1.165) is 46.8 Å². The number of pyridine rings is 1. The van der Waals surface area contributed by atoms with Crippen LogP contribution in [0.4, 0.5) is 16.4 Å². The molecule has 1 atom stereocenters. The SMILES string of the molecule is CCCCOc1nc(N(Cc2ccc(OC)cc2)Cc2ccc(OC)cc2)c2ncc(C(O)c3cnc(N4CCN(C(=O)OC(C)(C)C)CC4)c(CC)c3)n2n1. The number of benzene rings is 2. The van der Waals surface area contributed by atoms with Gasteiger partial charge in [-0.1, -0.05) is 44.5 Å². The molecular formula is C42H54N8O6. The third-order valence-electron chi connectivity index (χ3n) is 9.62. The van der Waals surface area contributed by atoms with Crippen LogP contribution in [-0.2, 0) is 24.2 Å². The van der Waals surface area contributed by atoms with E-state index in [0.29, 0.717) is 75.0 Å². The first kappa shape index (κ1) is 40.0. The minimum Gasteiger partial charge on any atom is -0.497 e. The number of unbranched alkanes of at least 4 members (excludes halogenated alkanes) is 1. The lowest BCUT2D eigenvalue weighted by molar-refractivity contribution is 0.0240. The van der Waals surface area contributed by atoms with Crippen LogP contribution in [0.5, 0.6) is 17.5 Å². The molecule has 56 heavy (non-hydrogen) atoms. The van der Waals surface area contributed by atoms with Gasteiger partial charge in [-0.25, -0.2) is 19.3 Å². The zero-order valence-corrected chi connectivity index (χ0v) is 33.6. The number of anilines is 2. The molecule has 0 spiro atoms. The van der Waals surface area contributed by atoms with Crippen molar-refractivity contribution in [2.75, 3.05) is 56.8 Å². The second kappa shape index (κ2) is 17.9. The van der Waals surface area contributed by atoms with E-state index in [4.69, 9.17) is 39.0 Å². The van der Waals surface area contributed by atoms with Crippen LogP contribution in [0.25, 0.3) is 5.65 Å². The molecule has 4 heterocycles. The fourth-order valence-electron chi connectivity index (χ4n) is 6.55. The summed E-state index contributed by atoms with van der Waals surface area (Å²) < 4.78 is 24.2. The molecule has 1 saturated heterocycles. The number of aromatic nitrogens is 5. The molecule has 298 valence electrons. The van der Waals surface area contributed by atoms with Gasteiger partial charge in [0.25, 0.3) is 0 Å². The van der Waals surface area contributed by atoms with E-state index in [-0.39, 0.29) is 12.1 Å². The molecule has 5 aromatic rings. The number of carbonyl (C=O) groups excluding carboxylic acids is 1. The van der Waals surface area contributed by atoms with E-state index in [1.54, 1.807) is 36.0 Å². The third kappa shape index (κ3) is 9.59. The Labute approximate surface area is 329 Å². The van der Waals surface area contributed by atoms with Crippen LogP contribution in [0.1, 0.15) is 81.5 Å². The van der Waals surface area contributed by atoms with Gasteiger partial charge in [-0.2, -0.15) is 4.98 Å². The molecule has 1 amide bonds. The van der Waals surface area contributed by atoms with Crippen molar-refractivity contribution in [1.82, 2.24) is 29.5 Å². The molecule has 1 unspecified atom stereocenters. The minimum atomic E-state index is -1.09. The number of rotatable bonds is 15. The molecule has 1 aliphatic rings. The van der Waals surface area contributed by atoms with Crippen molar-refractivity contribution < 1.29 is 28.8 Å². The van der Waals surface area contributed by atoms with Crippen molar-refractivity contribution in [2.45, 2.75) is 78.7 Å². The number of aliphatic hydroxyl groups excluding tert-OH is 1. The average Bonchev–Trinajstić information content (AvgIpc) is 3.64. The fourth-order valence-corrected chi connectivity index (χ4v) is 6.55. The lowest BCUT2D eigenvalue weighted by atomic mass is 10.0. The van der Waals surface area contributed by atoms with Crippen molar-refractivity contribution >= 4 is 23.4 Å². The van der Waals surface area contributed by atoms with Gasteiger partial charge < -0.3 is 38.8 Å². The molecule has 0 saturated carbocycles. The highest BCUT2D eigenvalue weighted by Crippen LogP contribution is 2.31. The monoisotopic (exact) mass is 766 g/mol. The van der Waals surface area contributed by atoms with Gasteiger partial charge in [0.1, 0.15) is 29.0 Å². The normalized spacial score (nSPS) is 13.8. The van der Waals surface area contributed by atoms with Crippen molar-refractivity contribution in [3.8, 4) is 17.5 Å². The van der Waals surface area contributed by atoms with Crippen LogP contribution in [0.2, 0.25) is 0 Å². The van der Waals surface area contributed by atoms with Crippen LogP contribution >= 0.6 is 0 Å². The Morgan fingerprint density at radius 3 is 2.07 bits per heavy atom. The van der Waals surface area contributed by atoms with Gasteiger partial charge in [0.15, 0.2) is 11.5 Å². The van der Waals surface area contributed by atoms with Gasteiger partial charge in [-0.3, -0.25) is 0 Å². The van der Waals surface area contributed by atoms with Gasteiger partial charge in [0, 0.05) is 51.0 Å². The number of piperazine rings is 1. The van der Waals surface area contributed by atoms with E-state index >= 15 is 0 Å². The van der Waals surface area contributed by atoms with E-state index in [9.17, 15) is 9.90 Å². The summed E-state index contributed by atoms with van der Waals surface area (Å²) in [5.41, 5.74) is 4.08. The van der Waals surface area contributed by atoms with E-state index in [2.05, 4.69) is 23.6 Å². The van der Waals surface area contributed by atoms with Crippen molar-refractivity contribution in [3.05, 3.63) is 94.9 Å². The maximum Gasteiger partial charge on any atom is 0.410 e. The first-order chi connectivity index (χ1) is 27.0. The number of nitrogens with zero attached hydrogens (tertiary/aromatic N) is 8. The summed E-state index contributed by atoms with van der Waals surface area (Å²) >= 11 is 0. The fraction of sp³-hybridized carbons (Fsp3) is 0.452. The Morgan fingerprint density at radius 2 is 1.52 bits per heavy atom. The largest absolute Gasteiger partial charge is 0.497 e. The van der Waals surface area contributed by atoms with E-state index in [1.807, 2.05) is 75.4 Å². The van der Waals surface area contributed by atoms with Crippen LogP contribution in [0, 0.1) is 0 Å². The molecule has 1 N–H and O–H groups in total. The van der Waals surface area contributed by atoms with Crippen molar-refractivity contribution in [2.24, 2.45) is 0 Å². The predicted octanol–water partition coefficient (Wildman–Crippen LogP) is 6.62. The highest BCUT2D eigenvalue weighted by Gasteiger charge is 2.29. The standard InChI is InChI=1S/C42H54N8O6/c1-8-10-23-55-40-45-39(49(27-29-11-15-33(53-6)16-12-29)28-30-13-17-34(54-7)18-14-30)38-44-26-35(50(38)46-40)36(51)32-24-31(9-2)37(43-25-32)47-19-21-48(22-20-47)41(52)56-42(3,4)5/h11-18,24-26,36,51H,8-10,19-23,27-28H2,1-7H3. The first-order valence-corrected chi connectivity index (χ1v) is 19.3. The van der Waals surface area contributed by atoms with Crippen molar-refractivity contribution in [3.63, 3.8) is 0 Å². The van der Waals surface area contributed by atoms with Crippen LogP contribution in [0.15, 0.2) is 67.0 Å². The van der Waals surface area contributed by atoms with E-state index < -0.39 is 11.7 Å². The summed E-state index contributed by atoms with van der Waals surface area (Å²) in [6, 6.07) is 18.0. The smallest absolute Gasteiger partial charge is 0.410 e. The number of imidazole rings is 1. The summed E-state index contributed by atoms with van der Waals surface area (Å²) in [6.45, 7) is 13.5. The molecular weight excluding hydrogens is 713 g/mol. The summed E-state index contributed by atoms with van der Waals surface area (Å²) in [5.74, 6) is 2.94. The highest BCUT2D eigenvalue weighted by atomic mass is 16.6. The lowest BCUT2D eigenvalue weighted by Gasteiger charge is -2.37. The minimum absolute atomic E-state index is 0.190. The first-order valence-electron chi connectivity index (χ1n) is 19.3. The molecule has 0 aliphatic carbocycles. The number of methoxy groups -OCH3 is 2.